The summed E-state index contributed by atoms with van der Waals surface area (Å²) in [6, 6.07) is 0. The summed E-state index contributed by atoms with van der Waals surface area (Å²) in [6.07, 6.45) is 7.83. The van der Waals surface area contributed by atoms with E-state index < -0.39 is 0 Å². The second-order valence-electron chi connectivity index (χ2n) is 6.88. The number of thioether (sulfide) groups is 1. The van der Waals surface area contributed by atoms with Gasteiger partial charge in [-0.15, -0.1) is 0 Å². The third kappa shape index (κ3) is 4.36. The molecule has 4 nitrogen and oxygen atoms in total. The molecule has 0 aromatic rings. The van der Waals surface area contributed by atoms with Crippen LogP contribution in [-0.4, -0.2) is 60.6 Å². The van der Waals surface area contributed by atoms with E-state index in [1.165, 1.54) is 63.1 Å². The van der Waals surface area contributed by atoms with Crippen LogP contribution in [0.15, 0.2) is 0 Å². The van der Waals surface area contributed by atoms with Gasteiger partial charge in [-0.1, -0.05) is 12.8 Å². The summed E-state index contributed by atoms with van der Waals surface area (Å²) in [5, 5.41) is 6.49. The van der Waals surface area contributed by atoms with Gasteiger partial charge in [-0.3, -0.25) is 9.69 Å². The molecule has 2 N–H and O–H groups in total. The van der Waals surface area contributed by atoms with Gasteiger partial charge >= 0.3 is 0 Å². The van der Waals surface area contributed by atoms with E-state index in [0.717, 1.165) is 19.0 Å². The van der Waals surface area contributed by atoms with Crippen molar-refractivity contribution in [2.75, 3.05) is 44.2 Å². The zero-order chi connectivity index (χ0) is 14.5. The normalized spacial score (nSPS) is 25.9. The molecular formula is C16H29N3OS. The molecule has 120 valence electrons. The molecule has 2 saturated carbocycles. The van der Waals surface area contributed by atoms with Gasteiger partial charge in [0, 0.05) is 36.7 Å². The van der Waals surface area contributed by atoms with Crippen LogP contribution in [0.3, 0.4) is 0 Å². The molecule has 0 unspecified atom stereocenters. The minimum Gasteiger partial charge on any atom is -0.353 e. The Morgan fingerprint density at radius 1 is 1.19 bits per heavy atom. The monoisotopic (exact) mass is 311 g/mol. The van der Waals surface area contributed by atoms with Gasteiger partial charge in [0.05, 0.1) is 6.54 Å². The van der Waals surface area contributed by atoms with E-state index in [9.17, 15) is 4.79 Å². The summed E-state index contributed by atoms with van der Waals surface area (Å²) in [4.78, 5) is 14.7. The van der Waals surface area contributed by atoms with E-state index in [4.69, 9.17) is 0 Å². The van der Waals surface area contributed by atoms with Gasteiger partial charge in [-0.25, -0.2) is 0 Å². The molecule has 0 aromatic heterocycles. The van der Waals surface area contributed by atoms with Gasteiger partial charge in [-0.2, -0.15) is 11.8 Å². The van der Waals surface area contributed by atoms with Crippen LogP contribution in [0.5, 0.6) is 0 Å². The highest BCUT2D eigenvalue weighted by Gasteiger charge is 2.40. The number of carbonyl (C=O) groups excluding carboxylic acids is 1. The summed E-state index contributed by atoms with van der Waals surface area (Å²) in [5.74, 6) is 3.51. The molecule has 3 rings (SSSR count). The van der Waals surface area contributed by atoms with Gasteiger partial charge in [-0.05, 0) is 38.1 Å². The van der Waals surface area contributed by atoms with Crippen LogP contribution < -0.4 is 10.6 Å². The van der Waals surface area contributed by atoms with Crippen LogP contribution in [0.1, 0.15) is 38.5 Å². The second kappa shape index (κ2) is 7.34. The van der Waals surface area contributed by atoms with Crippen molar-refractivity contribution in [2.24, 2.45) is 5.92 Å². The summed E-state index contributed by atoms with van der Waals surface area (Å²) in [7, 11) is 0. The van der Waals surface area contributed by atoms with E-state index in [1.807, 2.05) is 0 Å². The Hall–Kier alpha value is -0.260. The lowest BCUT2D eigenvalue weighted by atomic mass is 9.94. The molecule has 0 spiro atoms. The largest absolute Gasteiger partial charge is 0.353 e. The van der Waals surface area contributed by atoms with E-state index in [2.05, 4.69) is 27.3 Å². The van der Waals surface area contributed by atoms with Crippen LogP contribution in [0, 0.1) is 5.92 Å². The first-order valence-corrected chi connectivity index (χ1v) is 9.74. The highest BCUT2D eigenvalue weighted by molar-refractivity contribution is 7.99. The topological polar surface area (TPSA) is 44.4 Å². The van der Waals surface area contributed by atoms with Crippen molar-refractivity contribution in [1.82, 2.24) is 15.5 Å². The smallest absolute Gasteiger partial charge is 0.234 e. The first kappa shape index (κ1) is 15.6. The first-order valence-electron chi connectivity index (χ1n) is 8.59. The predicted octanol–water partition coefficient (Wildman–Crippen LogP) is 1.46. The van der Waals surface area contributed by atoms with Gasteiger partial charge in [0.15, 0.2) is 0 Å². The zero-order valence-electron chi connectivity index (χ0n) is 13.0. The first-order chi connectivity index (χ1) is 10.3. The standard InChI is InChI=1S/C16H29N3OS/c20-15(12-17-11-14-3-4-14)18-13-16(5-1-2-6-16)19-7-9-21-10-8-19/h14,17H,1-13H2,(H,18,20). The van der Waals surface area contributed by atoms with Gasteiger partial charge in [0.25, 0.3) is 0 Å². The quantitative estimate of drug-likeness (QED) is 0.747. The van der Waals surface area contributed by atoms with E-state index in [1.54, 1.807) is 0 Å². The number of nitrogens with zero attached hydrogens (tertiary/aromatic N) is 1. The number of hydrogen-bond acceptors (Lipinski definition) is 4. The predicted molar refractivity (Wildman–Crippen MR) is 88.7 cm³/mol. The minimum absolute atomic E-state index is 0.174. The van der Waals surface area contributed by atoms with Crippen LogP contribution in [-0.2, 0) is 4.79 Å². The fraction of sp³-hybridized carbons (Fsp3) is 0.938. The van der Waals surface area contributed by atoms with Crippen LogP contribution >= 0.6 is 11.8 Å². The molecule has 0 bridgehead atoms. The molecule has 1 heterocycles. The third-order valence-electron chi connectivity index (χ3n) is 5.25. The number of nitrogens with one attached hydrogen (secondary N) is 2. The fourth-order valence-corrected chi connectivity index (χ4v) is 4.62. The molecule has 1 amide bonds. The Kier molecular flexibility index (Phi) is 5.46. The fourth-order valence-electron chi connectivity index (χ4n) is 3.71. The van der Waals surface area contributed by atoms with Crippen LogP contribution in [0.2, 0.25) is 0 Å². The molecule has 21 heavy (non-hydrogen) atoms. The Morgan fingerprint density at radius 3 is 2.57 bits per heavy atom. The number of hydrogen-bond donors (Lipinski definition) is 2. The summed E-state index contributed by atoms with van der Waals surface area (Å²) in [6.45, 7) is 4.74. The van der Waals surface area contributed by atoms with Crippen molar-refractivity contribution in [1.29, 1.82) is 0 Å². The summed E-state index contributed by atoms with van der Waals surface area (Å²) >= 11 is 2.06. The van der Waals surface area contributed by atoms with Gasteiger partial charge < -0.3 is 10.6 Å². The Morgan fingerprint density at radius 2 is 1.90 bits per heavy atom. The summed E-state index contributed by atoms with van der Waals surface area (Å²) in [5.41, 5.74) is 0.257. The molecule has 0 radical (unpaired) electrons. The maximum absolute atomic E-state index is 12.0. The van der Waals surface area contributed by atoms with Crippen LogP contribution in [0.25, 0.3) is 0 Å². The highest BCUT2D eigenvalue weighted by atomic mass is 32.2. The highest BCUT2D eigenvalue weighted by Crippen LogP contribution is 2.36. The molecule has 3 aliphatic rings. The number of rotatable bonds is 7. The lowest BCUT2D eigenvalue weighted by Gasteiger charge is -2.43. The molecule has 5 heteroatoms. The molecule has 0 atom stereocenters. The van der Waals surface area contributed by atoms with Crippen molar-refractivity contribution >= 4 is 17.7 Å². The third-order valence-corrected chi connectivity index (χ3v) is 6.19. The van der Waals surface area contributed by atoms with Gasteiger partial charge in [0.1, 0.15) is 0 Å². The van der Waals surface area contributed by atoms with Crippen molar-refractivity contribution in [3.63, 3.8) is 0 Å². The number of amides is 1. The Bertz CT molecular complexity index is 347. The van der Waals surface area contributed by atoms with Crippen molar-refractivity contribution in [2.45, 2.75) is 44.1 Å². The molecule has 0 aromatic carbocycles. The Labute approximate surface area is 132 Å². The molecule has 3 fully saturated rings. The lowest BCUT2D eigenvalue weighted by molar-refractivity contribution is -0.120. The summed E-state index contributed by atoms with van der Waals surface area (Å²) < 4.78 is 0. The van der Waals surface area contributed by atoms with Crippen molar-refractivity contribution < 1.29 is 4.79 Å². The van der Waals surface area contributed by atoms with Crippen LogP contribution in [0.4, 0.5) is 0 Å². The van der Waals surface area contributed by atoms with E-state index in [0.29, 0.717) is 6.54 Å². The average Bonchev–Trinajstić information content (AvgIpc) is 3.22. The van der Waals surface area contributed by atoms with Crippen molar-refractivity contribution in [3.05, 3.63) is 0 Å². The van der Waals surface area contributed by atoms with E-state index >= 15 is 0 Å². The Balaban J connectivity index is 1.44. The average molecular weight is 311 g/mol. The van der Waals surface area contributed by atoms with E-state index in [-0.39, 0.29) is 11.4 Å². The minimum atomic E-state index is 0.174. The molecule has 2 aliphatic carbocycles. The maximum atomic E-state index is 12.0. The lowest BCUT2D eigenvalue weighted by Crippen LogP contribution is -2.57. The van der Waals surface area contributed by atoms with Crippen molar-refractivity contribution in [3.8, 4) is 0 Å². The number of carbonyl (C=O) groups is 1. The molecule has 1 aliphatic heterocycles. The SMILES string of the molecule is O=C(CNCC1CC1)NCC1(N2CCSCC2)CCCC1. The second-order valence-corrected chi connectivity index (χ2v) is 8.11. The molecule has 1 saturated heterocycles. The molecular weight excluding hydrogens is 282 g/mol. The zero-order valence-corrected chi connectivity index (χ0v) is 13.8. The maximum Gasteiger partial charge on any atom is 0.234 e. The van der Waals surface area contributed by atoms with Gasteiger partial charge in [0.2, 0.25) is 5.91 Å².